The van der Waals surface area contributed by atoms with Crippen LogP contribution in [0.15, 0.2) is 36.4 Å². The largest absolute Gasteiger partial charge is 0.307 e. The Morgan fingerprint density at radius 1 is 1.05 bits per heavy atom. The minimum absolute atomic E-state index is 0.673. The number of aryl methyl sites for hydroxylation is 1. The van der Waals surface area contributed by atoms with Crippen LogP contribution >= 0.6 is 11.3 Å². The molecule has 0 radical (unpaired) electrons. The summed E-state index contributed by atoms with van der Waals surface area (Å²) in [6.45, 7) is 4.06. The lowest BCUT2D eigenvalue weighted by atomic mass is 10.1. The number of rotatable bonds is 2. The van der Waals surface area contributed by atoms with Gasteiger partial charge in [-0.15, -0.1) is 11.3 Å². The third-order valence-electron chi connectivity index (χ3n) is 2.99. The molecule has 0 aliphatic rings. The lowest BCUT2D eigenvalue weighted by Crippen LogP contribution is -1.85. The fourth-order valence-electron chi connectivity index (χ4n) is 1.98. The van der Waals surface area contributed by atoms with Crippen molar-refractivity contribution in [2.24, 2.45) is 0 Å². The fraction of sp³-hybridized carbons (Fsp3) is 0.125. The van der Waals surface area contributed by atoms with Crippen LogP contribution in [0.3, 0.4) is 0 Å². The summed E-state index contributed by atoms with van der Waals surface area (Å²) in [7, 11) is 0. The van der Waals surface area contributed by atoms with E-state index < -0.39 is 11.6 Å². The average molecular weight is 305 g/mol. The fourth-order valence-corrected chi connectivity index (χ4v) is 2.93. The van der Waals surface area contributed by atoms with Crippen LogP contribution in [0.1, 0.15) is 11.9 Å². The maximum Gasteiger partial charge on any atom is 0.159 e. The van der Waals surface area contributed by atoms with Crippen molar-refractivity contribution in [2.45, 2.75) is 13.3 Å². The van der Waals surface area contributed by atoms with Crippen LogP contribution in [0.5, 0.6) is 0 Å². The summed E-state index contributed by atoms with van der Waals surface area (Å²) in [5.74, 6) is -1.65. The van der Waals surface area contributed by atoms with E-state index in [1.807, 2.05) is 25.0 Å². The summed E-state index contributed by atoms with van der Waals surface area (Å²) in [4.78, 5) is 12.5. The Balaban J connectivity index is 0.000000774. The number of benzene rings is 2. The van der Waals surface area contributed by atoms with Crippen molar-refractivity contribution in [1.29, 1.82) is 0 Å². The van der Waals surface area contributed by atoms with E-state index in [4.69, 9.17) is 4.79 Å². The summed E-state index contributed by atoms with van der Waals surface area (Å²) >= 11 is 1.63. The summed E-state index contributed by atoms with van der Waals surface area (Å²) in [5.41, 5.74) is 2.50. The number of nitrogens with zero attached hydrogens (tertiary/aromatic N) is 1. The van der Waals surface area contributed by atoms with E-state index in [0.29, 0.717) is 5.56 Å². The van der Waals surface area contributed by atoms with Crippen molar-refractivity contribution >= 4 is 28.3 Å². The van der Waals surface area contributed by atoms with Gasteiger partial charge in [-0.2, -0.15) is 0 Å². The van der Waals surface area contributed by atoms with Gasteiger partial charge >= 0.3 is 0 Å². The number of carbonyl (C=O) groups is 1. The minimum atomic E-state index is -0.823. The zero-order valence-corrected chi connectivity index (χ0v) is 12.2. The quantitative estimate of drug-likeness (QED) is 0.691. The smallest absolute Gasteiger partial charge is 0.159 e. The van der Waals surface area contributed by atoms with Gasteiger partial charge in [-0.25, -0.2) is 13.8 Å². The van der Waals surface area contributed by atoms with Gasteiger partial charge in [0.1, 0.15) is 6.79 Å². The molecule has 0 spiro atoms. The van der Waals surface area contributed by atoms with Gasteiger partial charge < -0.3 is 4.79 Å². The molecule has 0 atom stereocenters. The highest BCUT2D eigenvalue weighted by molar-refractivity contribution is 7.18. The van der Waals surface area contributed by atoms with Crippen LogP contribution < -0.4 is 0 Å². The molecule has 0 aliphatic heterocycles. The number of thiazole rings is 1. The van der Waals surface area contributed by atoms with Gasteiger partial charge in [-0.05, 0) is 41.8 Å². The first-order valence-electron chi connectivity index (χ1n) is 6.31. The van der Waals surface area contributed by atoms with Crippen LogP contribution in [0, 0.1) is 11.6 Å². The molecule has 0 N–H and O–H groups in total. The van der Waals surface area contributed by atoms with Crippen molar-refractivity contribution in [3.8, 4) is 11.1 Å². The molecule has 3 rings (SSSR count). The molecular formula is C16H13F2NOS. The number of fused-ring (bicyclic) bond motifs is 1. The molecule has 1 heterocycles. The van der Waals surface area contributed by atoms with Crippen molar-refractivity contribution in [1.82, 2.24) is 4.98 Å². The van der Waals surface area contributed by atoms with E-state index in [1.54, 1.807) is 17.4 Å². The van der Waals surface area contributed by atoms with E-state index in [2.05, 4.69) is 11.9 Å². The number of carbonyl (C=O) groups excluding carboxylic acids is 1. The molecule has 0 saturated carbocycles. The van der Waals surface area contributed by atoms with Crippen LogP contribution in [0.25, 0.3) is 21.3 Å². The molecule has 1 aromatic heterocycles. The highest BCUT2D eigenvalue weighted by atomic mass is 32.1. The van der Waals surface area contributed by atoms with Crippen LogP contribution in [0.4, 0.5) is 8.78 Å². The second-order valence-electron chi connectivity index (χ2n) is 4.27. The SMILES string of the molecule is C=O.CCc1nc2ccc(-c3ccc(F)c(F)c3)cc2s1. The molecule has 0 saturated heterocycles. The highest BCUT2D eigenvalue weighted by Gasteiger charge is 2.07. The molecule has 0 amide bonds. The number of hydrogen-bond acceptors (Lipinski definition) is 3. The Morgan fingerprint density at radius 3 is 2.38 bits per heavy atom. The molecule has 0 fully saturated rings. The van der Waals surface area contributed by atoms with Gasteiger partial charge in [0.2, 0.25) is 0 Å². The van der Waals surface area contributed by atoms with E-state index in [0.717, 1.165) is 33.3 Å². The van der Waals surface area contributed by atoms with Crippen LogP contribution in [-0.2, 0) is 11.2 Å². The predicted molar refractivity (Wildman–Crippen MR) is 81.5 cm³/mol. The molecule has 3 aromatic rings. The third-order valence-corrected chi connectivity index (χ3v) is 4.15. The van der Waals surface area contributed by atoms with Gasteiger partial charge in [0.15, 0.2) is 11.6 Å². The number of aromatic nitrogens is 1. The normalized spacial score (nSPS) is 10.2. The highest BCUT2D eigenvalue weighted by Crippen LogP contribution is 2.29. The maximum absolute atomic E-state index is 13.3. The lowest BCUT2D eigenvalue weighted by Gasteiger charge is -2.02. The van der Waals surface area contributed by atoms with Crippen molar-refractivity contribution in [3.63, 3.8) is 0 Å². The third kappa shape index (κ3) is 3.13. The molecule has 2 aromatic carbocycles. The van der Waals surface area contributed by atoms with Gasteiger partial charge in [0, 0.05) is 0 Å². The van der Waals surface area contributed by atoms with E-state index >= 15 is 0 Å². The molecule has 0 unspecified atom stereocenters. The summed E-state index contributed by atoms with van der Waals surface area (Å²) in [5, 5.41) is 1.08. The van der Waals surface area contributed by atoms with Gasteiger partial charge in [-0.3, -0.25) is 0 Å². The molecule has 5 heteroatoms. The Bertz CT molecular complexity index is 770. The van der Waals surface area contributed by atoms with E-state index in [-0.39, 0.29) is 0 Å². The summed E-state index contributed by atoms with van der Waals surface area (Å²) in [6, 6.07) is 9.73. The maximum atomic E-state index is 13.3. The first-order valence-corrected chi connectivity index (χ1v) is 7.13. The predicted octanol–water partition coefficient (Wildman–Crippen LogP) is 4.62. The van der Waals surface area contributed by atoms with Gasteiger partial charge in [0.25, 0.3) is 0 Å². The van der Waals surface area contributed by atoms with E-state index in [1.165, 1.54) is 6.07 Å². The van der Waals surface area contributed by atoms with Gasteiger partial charge in [-0.1, -0.05) is 19.1 Å². The molecule has 0 aliphatic carbocycles. The van der Waals surface area contributed by atoms with Crippen LogP contribution in [0.2, 0.25) is 0 Å². The van der Waals surface area contributed by atoms with Crippen molar-refractivity contribution < 1.29 is 13.6 Å². The summed E-state index contributed by atoms with van der Waals surface area (Å²) in [6.07, 6.45) is 0.903. The van der Waals surface area contributed by atoms with E-state index in [9.17, 15) is 8.78 Å². The van der Waals surface area contributed by atoms with Crippen molar-refractivity contribution in [2.75, 3.05) is 0 Å². The number of hydrogen-bond donors (Lipinski definition) is 0. The monoisotopic (exact) mass is 305 g/mol. The zero-order chi connectivity index (χ0) is 15.4. The van der Waals surface area contributed by atoms with Crippen LogP contribution in [-0.4, -0.2) is 11.8 Å². The lowest BCUT2D eigenvalue weighted by molar-refractivity contribution is -0.0979. The molecule has 21 heavy (non-hydrogen) atoms. The Hall–Kier alpha value is -2.14. The van der Waals surface area contributed by atoms with Crippen molar-refractivity contribution in [3.05, 3.63) is 53.0 Å². The minimum Gasteiger partial charge on any atom is -0.307 e. The molecule has 2 nitrogen and oxygen atoms in total. The topological polar surface area (TPSA) is 30.0 Å². The first kappa shape index (κ1) is 15.3. The Labute approximate surface area is 125 Å². The second kappa shape index (κ2) is 6.54. The summed E-state index contributed by atoms with van der Waals surface area (Å²) < 4.78 is 27.3. The Morgan fingerprint density at radius 2 is 1.71 bits per heavy atom. The molecular weight excluding hydrogens is 292 g/mol. The van der Waals surface area contributed by atoms with Gasteiger partial charge in [0.05, 0.1) is 15.2 Å². The number of halogens is 2. The zero-order valence-electron chi connectivity index (χ0n) is 11.4. The molecule has 108 valence electrons. The average Bonchev–Trinajstić information content (AvgIpc) is 2.94. The first-order chi connectivity index (χ1) is 10.2. The second-order valence-corrected chi connectivity index (χ2v) is 5.39. The standard InChI is InChI=1S/C15H11F2NS.CH2O/c1-2-15-18-13-6-4-10(8-14(13)19-15)9-3-5-11(16)12(17)7-9;1-2/h3-8H,2H2,1H3;1H2. The molecule has 0 bridgehead atoms. The Kier molecular flexibility index (Phi) is 4.75.